The molecule has 6 nitrogen and oxygen atoms in total. The number of benzene rings is 1. The first kappa shape index (κ1) is 16.1. The van der Waals surface area contributed by atoms with Gasteiger partial charge in [0.1, 0.15) is 0 Å². The van der Waals surface area contributed by atoms with E-state index in [1.54, 1.807) is 6.07 Å². The van der Waals surface area contributed by atoms with Crippen LogP contribution in [0.15, 0.2) is 23.1 Å². The molecular formula is C14H21NO5S. The van der Waals surface area contributed by atoms with Gasteiger partial charge in [0, 0.05) is 12.1 Å². The maximum absolute atomic E-state index is 12.4. The summed E-state index contributed by atoms with van der Waals surface area (Å²) in [5.74, 6) is 0.818. The van der Waals surface area contributed by atoms with Crippen LogP contribution in [-0.2, 0) is 10.0 Å². The minimum atomic E-state index is -3.70. The Morgan fingerprint density at radius 2 is 1.81 bits per heavy atom. The van der Waals surface area contributed by atoms with Crippen molar-refractivity contribution in [2.24, 2.45) is 0 Å². The zero-order chi connectivity index (χ0) is 15.5. The van der Waals surface area contributed by atoms with Gasteiger partial charge < -0.3 is 14.6 Å². The fraction of sp³-hybridized carbons (Fsp3) is 0.571. The van der Waals surface area contributed by atoms with Gasteiger partial charge in [0.25, 0.3) is 0 Å². The van der Waals surface area contributed by atoms with E-state index in [1.807, 2.05) is 0 Å². The van der Waals surface area contributed by atoms with Crippen LogP contribution in [0.4, 0.5) is 0 Å². The van der Waals surface area contributed by atoms with Crippen LogP contribution in [0.3, 0.4) is 0 Å². The number of aliphatic hydroxyl groups is 1. The van der Waals surface area contributed by atoms with E-state index in [1.165, 1.54) is 26.4 Å². The molecule has 0 bridgehead atoms. The van der Waals surface area contributed by atoms with E-state index in [9.17, 15) is 13.5 Å². The Hall–Kier alpha value is -1.31. The minimum absolute atomic E-state index is 0.0953. The predicted molar refractivity (Wildman–Crippen MR) is 78.1 cm³/mol. The quantitative estimate of drug-likeness (QED) is 0.855. The lowest BCUT2D eigenvalue weighted by atomic mass is 9.93. The zero-order valence-electron chi connectivity index (χ0n) is 12.2. The Morgan fingerprint density at radius 3 is 2.43 bits per heavy atom. The molecule has 2 N–H and O–H groups in total. The number of hydrogen-bond donors (Lipinski definition) is 2. The molecule has 0 aliphatic heterocycles. The molecule has 0 heterocycles. The first-order chi connectivity index (χ1) is 9.97. The number of methoxy groups -OCH3 is 2. The van der Waals surface area contributed by atoms with Crippen LogP contribution in [0.1, 0.15) is 25.7 Å². The van der Waals surface area contributed by atoms with E-state index in [2.05, 4.69) is 4.72 Å². The van der Waals surface area contributed by atoms with Gasteiger partial charge in [-0.15, -0.1) is 0 Å². The van der Waals surface area contributed by atoms with Crippen LogP contribution in [0.25, 0.3) is 0 Å². The van der Waals surface area contributed by atoms with Gasteiger partial charge in [-0.1, -0.05) is 12.8 Å². The minimum Gasteiger partial charge on any atom is -0.493 e. The Bertz CT molecular complexity index is 587. The first-order valence-electron chi connectivity index (χ1n) is 6.90. The van der Waals surface area contributed by atoms with Gasteiger partial charge in [-0.3, -0.25) is 0 Å². The lowest BCUT2D eigenvalue weighted by Crippen LogP contribution is -2.44. The van der Waals surface area contributed by atoms with E-state index in [0.717, 1.165) is 12.8 Å². The zero-order valence-corrected chi connectivity index (χ0v) is 13.0. The van der Waals surface area contributed by atoms with Gasteiger partial charge in [0.15, 0.2) is 11.5 Å². The Labute approximate surface area is 125 Å². The summed E-state index contributed by atoms with van der Waals surface area (Å²) in [7, 11) is -0.756. The average Bonchev–Trinajstić information content (AvgIpc) is 2.48. The molecule has 1 aliphatic rings. The monoisotopic (exact) mass is 315 g/mol. The summed E-state index contributed by atoms with van der Waals surface area (Å²) in [6.07, 6.45) is 2.48. The molecule has 118 valence electrons. The summed E-state index contributed by atoms with van der Waals surface area (Å²) >= 11 is 0. The first-order valence-corrected chi connectivity index (χ1v) is 8.38. The lowest BCUT2D eigenvalue weighted by Gasteiger charge is -2.28. The molecule has 1 aromatic rings. The number of sulfonamides is 1. The molecule has 0 radical (unpaired) electrons. The van der Waals surface area contributed by atoms with Crippen LogP contribution in [0.2, 0.25) is 0 Å². The summed E-state index contributed by atoms with van der Waals surface area (Å²) in [5, 5.41) is 9.89. The van der Waals surface area contributed by atoms with Crippen LogP contribution < -0.4 is 14.2 Å². The molecule has 2 rings (SSSR count). The van der Waals surface area contributed by atoms with Gasteiger partial charge in [0.05, 0.1) is 25.2 Å². The molecule has 0 saturated heterocycles. The van der Waals surface area contributed by atoms with E-state index < -0.39 is 22.2 Å². The van der Waals surface area contributed by atoms with E-state index in [0.29, 0.717) is 24.3 Å². The van der Waals surface area contributed by atoms with Gasteiger partial charge in [0.2, 0.25) is 10.0 Å². The van der Waals surface area contributed by atoms with E-state index in [-0.39, 0.29) is 4.90 Å². The normalized spacial score (nSPS) is 22.8. The molecule has 7 heteroatoms. The highest BCUT2D eigenvalue weighted by Gasteiger charge is 2.28. The summed E-state index contributed by atoms with van der Waals surface area (Å²) in [4.78, 5) is 0.0953. The molecule has 1 aromatic carbocycles. The molecule has 1 fully saturated rings. The van der Waals surface area contributed by atoms with Crippen molar-refractivity contribution in [2.45, 2.75) is 42.7 Å². The van der Waals surface area contributed by atoms with Crippen molar-refractivity contribution in [1.82, 2.24) is 4.72 Å². The topological polar surface area (TPSA) is 84.9 Å². The molecule has 0 unspecified atom stereocenters. The van der Waals surface area contributed by atoms with Crippen LogP contribution in [-0.4, -0.2) is 39.9 Å². The SMILES string of the molecule is COc1ccc(S(=O)(=O)N[C@H]2CCCC[C@@H]2O)cc1OC. The largest absolute Gasteiger partial charge is 0.493 e. The fourth-order valence-corrected chi connectivity index (χ4v) is 3.82. The average molecular weight is 315 g/mol. The number of ether oxygens (including phenoxy) is 2. The molecule has 2 atom stereocenters. The predicted octanol–water partition coefficient (Wildman–Crippen LogP) is 1.29. The van der Waals surface area contributed by atoms with Crippen molar-refractivity contribution < 1.29 is 23.0 Å². The molecule has 1 saturated carbocycles. The van der Waals surface area contributed by atoms with Gasteiger partial charge in [-0.05, 0) is 25.0 Å². The third kappa shape index (κ3) is 3.66. The number of nitrogens with one attached hydrogen (secondary N) is 1. The highest BCUT2D eigenvalue weighted by atomic mass is 32.2. The van der Waals surface area contributed by atoms with Crippen molar-refractivity contribution in [2.75, 3.05) is 14.2 Å². The number of rotatable bonds is 5. The summed E-state index contributed by atoms with van der Waals surface area (Å²) in [6.45, 7) is 0. The highest BCUT2D eigenvalue weighted by Crippen LogP contribution is 2.30. The second-order valence-corrected chi connectivity index (χ2v) is 6.81. The van der Waals surface area contributed by atoms with Gasteiger partial charge in [-0.25, -0.2) is 13.1 Å². The number of hydrogen-bond acceptors (Lipinski definition) is 5. The van der Waals surface area contributed by atoms with Crippen molar-refractivity contribution in [3.05, 3.63) is 18.2 Å². The van der Waals surface area contributed by atoms with Gasteiger partial charge in [-0.2, -0.15) is 0 Å². The van der Waals surface area contributed by atoms with E-state index >= 15 is 0 Å². The Balaban J connectivity index is 2.22. The molecular weight excluding hydrogens is 294 g/mol. The summed E-state index contributed by atoms with van der Waals surface area (Å²) < 4.78 is 37.6. The smallest absolute Gasteiger partial charge is 0.241 e. The lowest BCUT2D eigenvalue weighted by molar-refractivity contribution is 0.101. The van der Waals surface area contributed by atoms with Crippen LogP contribution in [0, 0.1) is 0 Å². The van der Waals surface area contributed by atoms with Gasteiger partial charge >= 0.3 is 0 Å². The van der Waals surface area contributed by atoms with Crippen LogP contribution >= 0.6 is 0 Å². The van der Waals surface area contributed by atoms with Crippen molar-refractivity contribution in [3.8, 4) is 11.5 Å². The second-order valence-electron chi connectivity index (χ2n) is 5.10. The standard InChI is InChI=1S/C14H21NO5S/c1-19-13-8-7-10(9-14(13)20-2)21(17,18)15-11-5-3-4-6-12(11)16/h7-9,11-12,15-16H,3-6H2,1-2H3/t11-,12-/m0/s1. The fourth-order valence-electron chi connectivity index (χ4n) is 2.50. The van der Waals surface area contributed by atoms with E-state index in [4.69, 9.17) is 9.47 Å². The third-order valence-corrected chi connectivity index (χ3v) is 5.19. The highest BCUT2D eigenvalue weighted by molar-refractivity contribution is 7.89. The molecule has 0 aromatic heterocycles. The molecule has 1 aliphatic carbocycles. The van der Waals surface area contributed by atoms with Crippen molar-refractivity contribution in [3.63, 3.8) is 0 Å². The van der Waals surface area contributed by atoms with Crippen molar-refractivity contribution >= 4 is 10.0 Å². The molecule has 21 heavy (non-hydrogen) atoms. The second kappa shape index (κ2) is 6.64. The molecule has 0 spiro atoms. The maximum atomic E-state index is 12.4. The maximum Gasteiger partial charge on any atom is 0.241 e. The summed E-state index contributed by atoms with van der Waals surface area (Å²) in [6, 6.07) is 3.98. The Morgan fingerprint density at radius 1 is 1.14 bits per heavy atom. The Kier molecular flexibility index (Phi) is 5.08. The molecule has 0 amide bonds. The third-order valence-electron chi connectivity index (χ3n) is 3.70. The van der Waals surface area contributed by atoms with Crippen molar-refractivity contribution in [1.29, 1.82) is 0 Å². The summed E-state index contributed by atoms with van der Waals surface area (Å²) in [5.41, 5.74) is 0. The number of aliphatic hydroxyl groups excluding tert-OH is 1. The van der Waals surface area contributed by atoms with Crippen LogP contribution in [0.5, 0.6) is 11.5 Å².